The van der Waals surface area contributed by atoms with Gasteiger partial charge >= 0.3 is 0 Å². The highest BCUT2D eigenvalue weighted by Gasteiger charge is 2.56. The van der Waals surface area contributed by atoms with Crippen LogP contribution in [0.4, 0.5) is 0 Å². The first kappa shape index (κ1) is 52.1. The Bertz CT molecular complexity index is 4620. The van der Waals surface area contributed by atoms with Crippen molar-refractivity contribution in [3.63, 3.8) is 0 Å². The second-order valence-corrected chi connectivity index (χ2v) is 25.3. The van der Waals surface area contributed by atoms with E-state index in [1.54, 1.807) is 0 Å². The molecule has 5 nitrogen and oxygen atoms in total. The summed E-state index contributed by atoms with van der Waals surface area (Å²) >= 11 is 0. The third-order valence-electron chi connectivity index (χ3n) is 19.5. The Morgan fingerprint density at radius 2 is 1.08 bits per heavy atom. The van der Waals surface area contributed by atoms with E-state index < -0.39 is 5.41 Å². The maximum absolute atomic E-state index is 8.24. The molecule has 0 bridgehead atoms. The number of rotatable bonds is 8. The molecule has 0 saturated heterocycles. The quantitative estimate of drug-likeness (QED) is 0.152. The Hall–Kier alpha value is -9.45. The number of benzene rings is 7. The van der Waals surface area contributed by atoms with Crippen LogP contribution >= 0.6 is 0 Å². The van der Waals surface area contributed by atoms with Gasteiger partial charge in [0.1, 0.15) is 17.3 Å². The Kier molecular flexibility index (Phi) is 12.5. The van der Waals surface area contributed by atoms with Crippen molar-refractivity contribution in [2.24, 2.45) is 29.6 Å². The number of allylic oxidation sites excluding steroid dienone is 16. The summed E-state index contributed by atoms with van der Waals surface area (Å²) in [6.07, 6.45) is 33.3. The van der Waals surface area contributed by atoms with E-state index in [9.17, 15) is 0 Å². The second kappa shape index (κ2) is 20.7. The minimum atomic E-state index is -0.722. The summed E-state index contributed by atoms with van der Waals surface area (Å²) in [5.74, 6) is 4.99. The predicted molar refractivity (Wildman–Crippen MR) is 353 cm³/mol. The smallest absolute Gasteiger partial charge is 0.167 e. The highest BCUT2D eigenvalue weighted by atomic mass is 16.5. The maximum atomic E-state index is 8.24. The first-order valence-corrected chi connectivity index (χ1v) is 31.1. The van der Waals surface area contributed by atoms with Gasteiger partial charge in [-0.05, 0) is 153 Å². The normalized spacial score (nSPS) is 23.9. The molecule has 0 N–H and O–H groups in total. The lowest BCUT2D eigenvalue weighted by atomic mass is 9.59. The van der Waals surface area contributed by atoms with Crippen molar-refractivity contribution in [2.45, 2.75) is 71.1 Å². The number of nitrogens with zero attached hydrogens (tertiary/aromatic N) is 4. The zero-order chi connectivity index (χ0) is 57.8. The Balaban J connectivity index is 1.03. The molecule has 5 heteroatoms. The number of hydrogen-bond acceptors (Lipinski definition) is 4. The predicted octanol–water partition coefficient (Wildman–Crippen LogP) is 18.5. The van der Waals surface area contributed by atoms with Gasteiger partial charge in [-0.15, -0.1) is 0 Å². The molecule has 0 fully saturated rings. The van der Waals surface area contributed by atoms with Crippen molar-refractivity contribution in [1.29, 1.82) is 0 Å². The van der Waals surface area contributed by atoms with E-state index in [1.165, 1.54) is 77.1 Å². The summed E-state index contributed by atoms with van der Waals surface area (Å²) < 4.78 is 10.7. The van der Waals surface area contributed by atoms with Crippen LogP contribution in [0.3, 0.4) is 0 Å². The third kappa shape index (κ3) is 8.44. The molecule has 7 aromatic carbocycles. The van der Waals surface area contributed by atoms with Gasteiger partial charge in [-0.1, -0.05) is 229 Å². The average Bonchev–Trinajstić information content (AvgIpc) is 2.10. The van der Waals surface area contributed by atoms with Crippen LogP contribution in [0.5, 0.6) is 11.5 Å². The molecule has 7 atom stereocenters. The molecule has 7 aliphatic rings. The van der Waals surface area contributed by atoms with Crippen molar-refractivity contribution in [3.05, 3.63) is 292 Å². The van der Waals surface area contributed by atoms with Gasteiger partial charge in [0.05, 0.1) is 21.8 Å². The second-order valence-electron chi connectivity index (χ2n) is 25.3. The van der Waals surface area contributed by atoms with Crippen molar-refractivity contribution in [3.8, 4) is 62.0 Å². The average molecular weight is 1110 g/mol. The SMILES string of the molecule is CC1C=CC(c2nc(-c3cc(-c4ccccc4)cc4c3Oc3c(C5C=c6c(n(-c7ccccc7)c7ccc(-c8ccccc8)cc67)=CC5C)cc(-c5ccccc5)cc3C43C4=C(C=CC(C)C4)C4=C3CC(C)C=C4)nc(C3C=CC=CC3C)n2)=CC1. The van der Waals surface area contributed by atoms with Gasteiger partial charge in [0.25, 0.3) is 0 Å². The highest BCUT2D eigenvalue weighted by molar-refractivity contribution is 5.91. The molecule has 418 valence electrons. The van der Waals surface area contributed by atoms with E-state index in [2.05, 4.69) is 282 Å². The minimum Gasteiger partial charge on any atom is -0.456 e. The number of fused-ring (bicyclic) bond motifs is 10. The van der Waals surface area contributed by atoms with Crippen LogP contribution in [-0.4, -0.2) is 19.5 Å². The fraction of sp³-hybridized carbons (Fsp3) is 0.198. The van der Waals surface area contributed by atoms with Gasteiger partial charge < -0.3 is 9.30 Å². The first-order chi connectivity index (χ1) is 42.2. The van der Waals surface area contributed by atoms with Gasteiger partial charge in [-0.3, -0.25) is 0 Å². The summed E-state index contributed by atoms with van der Waals surface area (Å²) in [6.45, 7) is 11.7. The standard InChI is InChI=1S/C81H68N4O/c1-49-30-34-57(35-31-49)78-82-79(62-29-19-18-20-52(62)4)84-80(83-78)69-45-60(56-25-14-8-15-26-56)47-73-77(69)86-76-68(44-59(55-23-12-7-13-24-55)46-72(76)81(73)70-40-50(2)32-37-63(70)64-38-33-51(3)41-71(64)81)65-48-67-66-43-58(54-21-10-6-11-22-54)36-39-74(66)85(75(67)42-53(65)5)61-27-16-9-17-28-61/h6-30,32-39,42-53,62,65H,31,40-41H2,1-5H3. The van der Waals surface area contributed by atoms with Crippen LogP contribution in [0.1, 0.15) is 94.1 Å². The molecule has 3 heterocycles. The fourth-order valence-corrected chi connectivity index (χ4v) is 15.2. The van der Waals surface area contributed by atoms with Crippen LogP contribution < -0.4 is 15.3 Å². The molecule has 16 rings (SSSR count). The molecule has 9 aromatic rings. The number of hydrogen-bond donors (Lipinski definition) is 0. The van der Waals surface area contributed by atoms with Gasteiger partial charge in [0.15, 0.2) is 11.6 Å². The Morgan fingerprint density at radius 1 is 0.488 bits per heavy atom. The molecule has 1 spiro atoms. The summed E-state index contributed by atoms with van der Waals surface area (Å²) in [5.41, 5.74) is 19.6. The lowest BCUT2D eigenvalue weighted by Gasteiger charge is -2.45. The molecule has 7 unspecified atom stereocenters. The molecule has 6 aliphatic carbocycles. The van der Waals surface area contributed by atoms with Gasteiger partial charge in [-0.25, -0.2) is 15.0 Å². The fourth-order valence-electron chi connectivity index (χ4n) is 15.2. The highest BCUT2D eigenvalue weighted by Crippen LogP contribution is 2.67. The zero-order valence-corrected chi connectivity index (χ0v) is 49.5. The summed E-state index contributed by atoms with van der Waals surface area (Å²) in [7, 11) is 0. The molecular weight excluding hydrogens is 1040 g/mol. The van der Waals surface area contributed by atoms with E-state index in [0.29, 0.717) is 29.4 Å². The number of aromatic nitrogens is 4. The third-order valence-corrected chi connectivity index (χ3v) is 19.5. The van der Waals surface area contributed by atoms with Gasteiger partial charge in [-0.2, -0.15) is 0 Å². The minimum absolute atomic E-state index is 0.0425. The summed E-state index contributed by atoms with van der Waals surface area (Å²) in [5, 5.41) is 3.68. The summed E-state index contributed by atoms with van der Waals surface area (Å²) in [4.78, 5) is 16.7. The first-order valence-electron chi connectivity index (χ1n) is 31.1. The van der Waals surface area contributed by atoms with Crippen LogP contribution in [0.15, 0.2) is 253 Å². The molecule has 2 aromatic heterocycles. The van der Waals surface area contributed by atoms with Crippen molar-refractivity contribution in [1.82, 2.24) is 19.5 Å². The monoisotopic (exact) mass is 1110 g/mol. The molecule has 1 aliphatic heterocycles. The van der Waals surface area contributed by atoms with E-state index in [0.717, 1.165) is 70.1 Å². The van der Waals surface area contributed by atoms with E-state index in [-0.39, 0.29) is 23.7 Å². The number of para-hydroxylation sites is 1. The van der Waals surface area contributed by atoms with Crippen LogP contribution in [0.2, 0.25) is 0 Å². The van der Waals surface area contributed by atoms with Gasteiger partial charge in [0.2, 0.25) is 0 Å². The van der Waals surface area contributed by atoms with Crippen molar-refractivity contribution in [2.75, 3.05) is 0 Å². The van der Waals surface area contributed by atoms with Crippen molar-refractivity contribution < 1.29 is 4.74 Å². The van der Waals surface area contributed by atoms with Crippen LogP contribution in [-0.2, 0) is 5.41 Å². The van der Waals surface area contributed by atoms with E-state index in [4.69, 9.17) is 19.7 Å². The lowest BCUT2D eigenvalue weighted by molar-refractivity contribution is 0.414. The van der Waals surface area contributed by atoms with Crippen molar-refractivity contribution >= 4 is 28.6 Å². The van der Waals surface area contributed by atoms with Gasteiger partial charge in [0, 0.05) is 50.4 Å². The van der Waals surface area contributed by atoms with Crippen LogP contribution in [0.25, 0.3) is 79.1 Å². The molecule has 0 radical (unpaired) electrons. The van der Waals surface area contributed by atoms with Crippen LogP contribution in [0, 0.1) is 29.6 Å². The van der Waals surface area contributed by atoms with E-state index in [1.807, 2.05) is 0 Å². The molecular formula is C81H68N4O. The molecule has 0 amide bonds. The maximum Gasteiger partial charge on any atom is 0.167 e. The topological polar surface area (TPSA) is 52.8 Å². The Morgan fingerprint density at radius 3 is 1.72 bits per heavy atom. The Labute approximate surface area is 504 Å². The zero-order valence-electron chi connectivity index (χ0n) is 49.5. The number of ether oxygens (including phenoxy) is 1. The van der Waals surface area contributed by atoms with E-state index >= 15 is 0 Å². The lowest BCUT2D eigenvalue weighted by Crippen LogP contribution is -2.37. The largest absolute Gasteiger partial charge is 0.456 e. The summed E-state index contributed by atoms with van der Waals surface area (Å²) in [6, 6.07) is 60.5. The molecule has 0 saturated carbocycles. The molecule has 86 heavy (non-hydrogen) atoms.